The second-order valence-electron chi connectivity index (χ2n) is 5.29. The molecule has 2 nitrogen and oxygen atoms in total. The summed E-state index contributed by atoms with van der Waals surface area (Å²) < 4.78 is 0. The molecule has 78 valence electrons. The molecule has 0 atom stereocenters. The lowest BCUT2D eigenvalue weighted by atomic mass is 9.88. The first-order chi connectivity index (χ1) is 5.97. The molecule has 0 aromatic rings. The van der Waals surface area contributed by atoms with Crippen molar-refractivity contribution < 1.29 is 4.84 Å². The molecule has 1 rings (SSSR count). The molecule has 0 aliphatic heterocycles. The summed E-state index contributed by atoms with van der Waals surface area (Å²) in [6.07, 6.45) is 5.20. The quantitative estimate of drug-likeness (QED) is 0.668. The minimum atomic E-state index is -0.0664. The lowest BCUT2D eigenvalue weighted by Crippen LogP contribution is -2.38. The van der Waals surface area contributed by atoms with Gasteiger partial charge >= 0.3 is 0 Å². The highest BCUT2D eigenvalue weighted by molar-refractivity contribution is 4.73. The molecule has 1 N–H and O–H groups in total. The van der Waals surface area contributed by atoms with Crippen molar-refractivity contribution in [1.29, 1.82) is 0 Å². The third-order valence-electron chi connectivity index (χ3n) is 2.55. The van der Waals surface area contributed by atoms with Crippen molar-refractivity contribution in [1.82, 2.24) is 5.48 Å². The number of nitrogens with one attached hydrogen (secondary N) is 1. The molecule has 0 heterocycles. The zero-order valence-corrected chi connectivity index (χ0v) is 9.39. The van der Waals surface area contributed by atoms with E-state index in [2.05, 4.69) is 33.2 Å². The molecule has 1 aliphatic carbocycles. The summed E-state index contributed by atoms with van der Waals surface area (Å²) in [5, 5.41) is 0. The normalized spacial score (nSPS) is 30.5. The van der Waals surface area contributed by atoms with Crippen LogP contribution in [0.3, 0.4) is 0 Å². The van der Waals surface area contributed by atoms with Crippen molar-refractivity contribution in [2.75, 3.05) is 0 Å². The molecule has 0 bridgehead atoms. The van der Waals surface area contributed by atoms with Crippen molar-refractivity contribution >= 4 is 0 Å². The van der Waals surface area contributed by atoms with Crippen LogP contribution < -0.4 is 5.48 Å². The van der Waals surface area contributed by atoms with Crippen LogP contribution in [0.4, 0.5) is 0 Å². The first-order valence-corrected chi connectivity index (χ1v) is 5.41. The average Bonchev–Trinajstić information content (AvgIpc) is 2.02. The van der Waals surface area contributed by atoms with E-state index < -0.39 is 0 Å². The lowest BCUT2D eigenvalue weighted by molar-refractivity contribution is -0.0938. The van der Waals surface area contributed by atoms with Gasteiger partial charge in [0.05, 0.1) is 5.60 Å². The summed E-state index contributed by atoms with van der Waals surface area (Å²) in [6, 6.07) is 0.579. The molecule has 0 spiro atoms. The van der Waals surface area contributed by atoms with Crippen LogP contribution in [-0.4, -0.2) is 11.6 Å². The highest BCUT2D eigenvalue weighted by Gasteiger charge is 2.20. The topological polar surface area (TPSA) is 21.3 Å². The molecule has 13 heavy (non-hydrogen) atoms. The van der Waals surface area contributed by atoms with Gasteiger partial charge in [0.2, 0.25) is 0 Å². The monoisotopic (exact) mass is 185 g/mol. The predicted molar refractivity (Wildman–Crippen MR) is 55.4 cm³/mol. The standard InChI is InChI=1S/C11H23NO/c1-9-5-7-10(8-6-9)12-13-11(2,3)4/h9-10,12H,5-8H2,1-4H3. The van der Waals surface area contributed by atoms with Crippen molar-refractivity contribution in [3.8, 4) is 0 Å². The van der Waals surface area contributed by atoms with Crippen molar-refractivity contribution in [3.63, 3.8) is 0 Å². The minimum Gasteiger partial charge on any atom is -0.296 e. The first kappa shape index (κ1) is 11.0. The number of rotatable bonds is 2. The fourth-order valence-electron chi connectivity index (χ4n) is 1.64. The van der Waals surface area contributed by atoms with Crippen LogP contribution in [0.5, 0.6) is 0 Å². The van der Waals surface area contributed by atoms with Crippen LogP contribution in [-0.2, 0) is 4.84 Å². The summed E-state index contributed by atoms with van der Waals surface area (Å²) in [5.41, 5.74) is 3.12. The summed E-state index contributed by atoms with van der Waals surface area (Å²) in [5.74, 6) is 0.910. The Labute approximate surface area is 82.0 Å². The van der Waals surface area contributed by atoms with Gasteiger partial charge in [0.25, 0.3) is 0 Å². The number of hydrogen-bond acceptors (Lipinski definition) is 2. The third kappa shape index (κ3) is 4.63. The summed E-state index contributed by atoms with van der Waals surface area (Å²) in [6.45, 7) is 8.56. The molecule has 1 fully saturated rings. The lowest BCUT2D eigenvalue weighted by Gasteiger charge is -2.29. The third-order valence-corrected chi connectivity index (χ3v) is 2.55. The Kier molecular flexibility index (Phi) is 3.74. The SMILES string of the molecule is CC1CCC(NOC(C)(C)C)CC1. The van der Waals surface area contributed by atoms with Crippen molar-refractivity contribution in [3.05, 3.63) is 0 Å². The van der Waals surface area contributed by atoms with Crippen LogP contribution >= 0.6 is 0 Å². The Balaban J connectivity index is 2.16. The Morgan fingerprint density at radius 1 is 1.08 bits per heavy atom. The molecule has 1 aliphatic rings. The fraction of sp³-hybridized carbons (Fsp3) is 1.00. The number of hydrogen-bond donors (Lipinski definition) is 1. The molecule has 0 aromatic carbocycles. The van der Waals surface area contributed by atoms with Gasteiger partial charge < -0.3 is 0 Å². The van der Waals surface area contributed by atoms with Crippen LogP contribution in [0.1, 0.15) is 53.4 Å². The average molecular weight is 185 g/mol. The largest absolute Gasteiger partial charge is 0.296 e. The molecule has 2 heteroatoms. The van der Waals surface area contributed by atoms with Crippen LogP contribution in [0, 0.1) is 5.92 Å². The zero-order chi connectivity index (χ0) is 9.90. The Hall–Kier alpha value is -0.0800. The van der Waals surface area contributed by atoms with Gasteiger partial charge in [0.1, 0.15) is 0 Å². The zero-order valence-electron chi connectivity index (χ0n) is 9.39. The molecule has 1 saturated carbocycles. The molecule has 0 saturated heterocycles. The van der Waals surface area contributed by atoms with Crippen LogP contribution in [0.25, 0.3) is 0 Å². The van der Waals surface area contributed by atoms with Gasteiger partial charge in [0.15, 0.2) is 0 Å². The van der Waals surface area contributed by atoms with Gasteiger partial charge in [-0.3, -0.25) is 4.84 Å². The molecular formula is C11H23NO. The maximum Gasteiger partial charge on any atom is 0.0813 e. The Bertz CT molecular complexity index is 143. The second kappa shape index (κ2) is 4.43. The maximum absolute atomic E-state index is 5.55. The molecule has 0 amide bonds. The van der Waals surface area contributed by atoms with Crippen molar-refractivity contribution in [2.45, 2.75) is 65.0 Å². The van der Waals surface area contributed by atoms with E-state index in [0.717, 1.165) is 5.92 Å². The van der Waals surface area contributed by atoms with Gasteiger partial charge in [-0.25, -0.2) is 0 Å². The molecule has 0 aromatic heterocycles. The summed E-state index contributed by atoms with van der Waals surface area (Å²) in [4.78, 5) is 5.55. The molecular weight excluding hydrogens is 162 g/mol. The van der Waals surface area contributed by atoms with Gasteiger partial charge in [-0.05, 0) is 52.4 Å². The predicted octanol–water partition coefficient (Wildman–Crippen LogP) is 2.88. The Morgan fingerprint density at radius 3 is 2.08 bits per heavy atom. The minimum absolute atomic E-state index is 0.0664. The van der Waals surface area contributed by atoms with Gasteiger partial charge in [-0.1, -0.05) is 6.92 Å². The fourth-order valence-corrected chi connectivity index (χ4v) is 1.64. The van der Waals surface area contributed by atoms with Gasteiger partial charge in [-0.15, -0.1) is 0 Å². The van der Waals surface area contributed by atoms with Gasteiger partial charge in [-0.2, -0.15) is 5.48 Å². The first-order valence-electron chi connectivity index (χ1n) is 5.41. The van der Waals surface area contributed by atoms with E-state index in [4.69, 9.17) is 4.84 Å². The second-order valence-corrected chi connectivity index (χ2v) is 5.29. The van der Waals surface area contributed by atoms with E-state index in [0.29, 0.717) is 6.04 Å². The highest BCUT2D eigenvalue weighted by Crippen LogP contribution is 2.23. The van der Waals surface area contributed by atoms with Gasteiger partial charge in [0, 0.05) is 6.04 Å². The highest BCUT2D eigenvalue weighted by atomic mass is 16.7. The summed E-state index contributed by atoms with van der Waals surface area (Å²) >= 11 is 0. The van der Waals surface area contributed by atoms with Crippen molar-refractivity contribution in [2.24, 2.45) is 5.92 Å². The smallest absolute Gasteiger partial charge is 0.0813 e. The number of hydroxylamine groups is 1. The summed E-state index contributed by atoms with van der Waals surface area (Å²) in [7, 11) is 0. The maximum atomic E-state index is 5.55. The van der Waals surface area contributed by atoms with Crippen LogP contribution in [0.15, 0.2) is 0 Å². The van der Waals surface area contributed by atoms with E-state index in [9.17, 15) is 0 Å². The molecule has 0 unspecified atom stereocenters. The Morgan fingerprint density at radius 2 is 1.62 bits per heavy atom. The van der Waals surface area contributed by atoms with E-state index in [-0.39, 0.29) is 5.60 Å². The van der Waals surface area contributed by atoms with E-state index in [1.54, 1.807) is 0 Å². The van der Waals surface area contributed by atoms with E-state index in [1.165, 1.54) is 25.7 Å². The molecule has 0 radical (unpaired) electrons. The van der Waals surface area contributed by atoms with E-state index >= 15 is 0 Å². The van der Waals surface area contributed by atoms with E-state index in [1.807, 2.05) is 0 Å². The van der Waals surface area contributed by atoms with Crippen LogP contribution in [0.2, 0.25) is 0 Å².